The number of rotatable bonds is 4. The van der Waals surface area contributed by atoms with E-state index in [4.69, 9.17) is 9.15 Å². The highest BCUT2D eigenvalue weighted by Crippen LogP contribution is 2.34. The predicted molar refractivity (Wildman–Crippen MR) is 118 cm³/mol. The molecular formula is C23H22N4O3S. The van der Waals surface area contributed by atoms with Crippen molar-refractivity contribution in [3.63, 3.8) is 0 Å². The first-order valence-electron chi connectivity index (χ1n) is 10.6. The second-order valence-corrected chi connectivity index (χ2v) is 9.30. The maximum Gasteiger partial charge on any atom is 0.281 e. The van der Waals surface area contributed by atoms with Gasteiger partial charge in [0.05, 0.1) is 11.2 Å². The summed E-state index contributed by atoms with van der Waals surface area (Å²) in [6.45, 7) is 4.19. The number of furan rings is 1. The third-order valence-corrected chi connectivity index (χ3v) is 7.19. The van der Waals surface area contributed by atoms with Crippen molar-refractivity contribution in [2.24, 2.45) is 0 Å². The van der Waals surface area contributed by atoms with Crippen molar-refractivity contribution in [3.8, 4) is 10.9 Å². The molecule has 0 radical (unpaired) electrons. The number of carbonyl (C=O) groups is 1. The Bertz CT molecular complexity index is 1250. The molecule has 7 nitrogen and oxygen atoms in total. The van der Waals surface area contributed by atoms with Crippen LogP contribution in [0.1, 0.15) is 25.5 Å². The number of fused-ring (bicyclic) bond motifs is 5. The minimum absolute atomic E-state index is 0.189. The molecule has 3 aliphatic heterocycles. The molecule has 3 aromatic heterocycles. The van der Waals surface area contributed by atoms with Crippen molar-refractivity contribution < 1.29 is 13.9 Å². The molecule has 3 aliphatic rings. The average molecular weight is 435 g/mol. The van der Waals surface area contributed by atoms with Crippen LogP contribution in [0, 0.1) is 0 Å². The van der Waals surface area contributed by atoms with Crippen molar-refractivity contribution >= 4 is 38.6 Å². The van der Waals surface area contributed by atoms with Gasteiger partial charge < -0.3 is 14.1 Å². The van der Waals surface area contributed by atoms with E-state index >= 15 is 0 Å². The van der Waals surface area contributed by atoms with Crippen LogP contribution in [0.5, 0.6) is 10.9 Å². The van der Waals surface area contributed by atoms with Gasteiger partial charge in [-0.05, 0) is 43.2 Å². The highest BCUT2D eigenvalue weighted by Gasteiger charge is 2.40. The molecule has 0 spiro atoms. The largest absolute Gasteiger partial charge is 0.460 e. The van der Waals surface area contributed by atoms with E-state index in [1.54, 1.807) is 13.1 Å². The molecule has 31 heavy (non-hydrogen) atoms. The van der Waals surface area contributed by atoms with Crippen molar-refractivity contribution in [2.75, 3.05) is 13.1 Å². The highest BCUT2D eigenvalue weighted by atomic mass is 32.1. The molecular weight excluding hydrogens is 412 g/mol. The first kappa shape index (κ1) is 18.8. The van der Waals surface area contributed by atoms with E-state index in [-0.39, 0.29) is 5.91 Å². The zero-order valence-corrected chi connectivity index (χ0v) is 18.0. The van der Waals surface area contributed by atoms with Crippen LogP contribution < -0.4 is 4.74 Å². The van der Waals surface area contributed by atoms with E-state index in [0.717, 1.165) is 53.9 Å². The molecule has 6 heterocycles. The number of hydrogen-bond donors (Lipinski definition) is 0. The predicted octanol–water partition coefficient (Wildman–Crippen LogP) is 4.42. The van der Waals surface area contributed by atoms with Crippen LogP contribution in [0.15, 0.2) is 47.0 Å². The first-order valence-corrected chi connectivity index (χ1v) is 11.4. The Morgan fingerprint density at radius 2 is 2.13 bits per heavy atom. The van der Waals surface area contributed by atoms with Crippen LogP contribution in [0.2, 0.25) is 0 Å². The van der Waals surface area contributed by atoms with Gasteiger partial charge in [-0.3, -0.25) is 9.69 Å². The fourth-order valence-corrected chi connectivity index (χ4v) is 5.59. The SMILES string of the molecule is CC(=O)N1C[C@H]2CC[C@@H]1CN2Cc1cc2ccc(Oc3nc4ncccc4s3)cc2o1. The molecule has 0 unspecified atom stereocenters. The van der Waals surface area contributed by atoms with Crippen LogP contribution in [-0.4, -0.2) is 50.8 Å². The van der Waals surface area contributed by atoms with Crippen molar-refractivity contribution in [3.05, 3.63) is 48.4 Å². The molecule has 3 saturated heterocycles. The summed E-state index contributed by atoms with van der Waals surface area (Å²) < 4.78 is 13.1. The van der Waals surface area contributed by atoms with E-state index in [1.165, 1.54) is 11.3 Å². The second kappa shape index (κ2) is 7.32. The molecule has 4 aromatic rings. The number of pyridine rings is 1. The smallest absolute Gasteiger partial charge is 0.281 e. The van der Waals surface area contributed by atoms with Crippen LogP contribution in [0.25, 0.3) is 21.3 Å². The molecule has 1 amide bonds. The lowest BCUT2D eigenvalue weighted by Crippen LogP contribution is -2.63. The van der Waals surface area contributed by atoms with Crippen LogP contribution >= 0.6 is 11.3 Å². The van der Waals surface area contributed by atoms with Crippen molar-refractivity contribution in [1.82, 2.24) is 19.8 Å². The number of piperidine rings is 2. The Hall–Kier alpha value is -2.97. The monoisotopic (exact) mass is 434 g/mol. The summed E-state index contributed by atoms with van der Waals surface area (Å²) >= 11 is 1.47. The molecule has 1 aromatic carbocycles. The Kier molecular flexibility index (Phi) is 4.43. The van der Waals surface area contributed by atoms with Gasteiger partial charge in [0, 0.05) is 49.7 Å². The Labute approximate surface area is 183 Å². The number of thiazole rings is 1. The lowest BCUT2D eigenvalue weighted by atomic mass is 9.90. The van der Waals surface area contributed by atoms with Gasteiger partial charge in [0.1, 0.15) is 17.1 Å². The average Bonchev–Trinajstić information content (AvgIpc) is 3.36. The van der Waals surface area contributed by atoms with E-state index in [9.17, 15) is 4.79 Å². The molecule has 0 aliphatic carbocycles. The van der Waals surface area contributed by atoms with Gasteiger partial charge in [0.25, 0.3) is 5.19 Å². The van der Waals surface area contributed by atoms with Gasteiger partial charge in [-0.2, -0.15) is 4.98 Å². The third-order valence-electron chi connectivity index (χ3n) is 6.30. The number of amides is 1. The number of nitrogens with zero attached hydrogens (tertiary/aromatic N) is 4. The number of hydrogen-bond acceptors (Lipinski definition) is 7. The molecule has 2 bridgehead atoms. The lowest BCUT2D eigenvalue weighted by molar-refractivity contribution is -0.139. The Morgan fingerprint density at radius 3 is 2.94 bits per heavy atom. The van der Waals surface area contributed by atoms with Gasteiger partial charge in [-0.25, -0.2) is 4.98 Å². The second-order valence-electron chi connectivity index (χ2n) is 8.31. The zero-order chi connectivity index (χ0) is 20.9. The first-order chi connectivity index (χ1) is 15.1. The minimum Gasteiger partial charge on any atom is -0.460 e. The number of ether oxygens (including phenoxy) is 1. The summed E-state index contributed by atoms with van der Waals surface area (Å²) in [6.07, 6.45) is 3.97. The fraction of sp³-hybridized carbons (Fsp3) is 0.348. The topological polar surface area (TPSA) is 71.7 Å². The molecule has 0 N–H and O–H groups in total. The number of piperazine rings is 1. The van der Waals surface area contributed by atoms with Crippen molar-refractivity contribution in [1.29, 1.82) is 0 Å². The lowest BCUT2D eigenvalue weighted by Gasteiger charge is -2.51. The number of benzene rings is 1. The summed E-state index contributed by atoms with van der Waals surface area (Å²) in [5.41, 5.74) is 1.50. The molecule has 158 valence electrons. The Morgan fingerprint density at radius 1 is 1.23 bits per heavy atom. The third kappa shape index (κ3) is 3.45. The van der Waals surface area contributed by atoms with Gasteiger partial charge in [0.2, 0.25) is 5.91 Å². The Balaban J connectivity index is 1.19. The fourth-order valence-electron chi connectivity index (χ4n) is 4.80. The molecule has 8 heteroatoms. The quantitative estimate of drug-likeness (QED) is 0.473. The van der Waals surface area contributed by atoms with Crippen LogP contribution in [-0.2, 0) is 11.3 Å². The van der Waals surface area contributed by atoms with Gasteiger partial charge >= 0.3 is 0 Å². The highest BCUT2D eigenvalue weighted by molar-refractivity contribution is 7.20. The van der Waals surface area contributed by atoms with Crippen LogP contribution in [0.4, 0.5) is 0 Å². The van der Waals surface area contributed by atoms with Crippen LogP contribution in [0.3, 0.4) is 0 Å². The summed E-state index contributed by atoms with van der Waals surface area (Å²) in [6, 6.07) is 12.6. The van der Waals surface area contributed by atoms with Crippen molar-refractivity contribution in [2.45, 2.75) is 38.4 Å². The molecule has 0 saturated carbocycles. The zero-order valence-electron chi connectivity index (χ0n) is 17.2. The molecule has 2 atom stereocenters. The van der Waals surface area contributed by atoms with E-state index < -0.39 is 0 Å². The molecule has 7 rings (SSSR count). The van der Waals surface area contributed by atoms with Gasteiger partial charge in [-0.15, -0.1) is 0 Å². The summed E-state index contributed by atoms with van der Waals surface area (Å²) in [4.78, 5) is 25.0. The van der Waals surface area contributed by atoms with E-state index in [2.05, 4.69) is 20.9 Å². The van der Waals surface area contributed by atoms with Gasteiger partial charge in [0.15, 0.2) is 5.65 Å². The molecule has 3 fully saturated rings. The van der Waals surface area contributed by atoms with Gasteiger partial charge in [-0.1, -0.05) is 11.3 Å². The maximum absolute atomic E-state index is 11.9. The summed E-state index contributed by atoms with van der Waals surface area (Å²) in [5.74, 6) is 1.83. The maximum atomic E-state index is 11.9. The normalized spacial score (nSPS) is 21.3. The minimum atomic E-state index is 0.189. The standard InChI is InChI=1S/C23H22N4O3S/c1-14(28)27-12-16-5-6-17(27)11-26(16)13-19-9-15-4-7-18(10-20(15)29-19)30-23-25-22-21(31-23)3-2-8-24-22/h2-4,7-10,16-17H,5-6,11-13H2,1H3/t16-,17-/m1/s1. The number of aromatic nitrogens is 2. The van der Waals surface area contributed by atoms with E-state index in [0.29, 0.717) is 28.7 Å². The summed E-state index contributed by atoms with van der Waals surface area (Å²) in [5, 5.41) is 1.63. The van der Waals surface area contributed by atoms with E-state index in [1.807, 2.05) is 35.2 Å². The number of carbonyl (C=O) groups excluding carboxylic acids is 1. The summed E-state index contributed by atoms with van der Waals surface area (Å²) in [7, 11) is 0.